The first-order valence-corrected chi connectivity index (χ1v) is 6.38. The summed E-state index contributed by atoms with van der Waals surface area (Å²) < 4.78 is 5.50. The van der Waals surface area contributed by atoms with E-state index in [1.807, 2.05) is 36.4 Å². The van der Waals surface area contributed by atoms with Gasteiger partial charge in [0.05, 0.1) is 19.0 Å². The van der Waals surface area contributed by atoms with Gasteiger partial charge in [-0.1, -0.05) is 30.8 Å². The second-order valence-corrected chi connectivity index (χ2v) is 4.36. The number of carbonyl (C=O) groups is 1. The van der Waals surface area contributed by atoms with E-state index in [4.69, 9.17) is 9.68 Å². The number of hydrogen-bond donors (Lipinski definition) is 1. The van der Waals surface area contributed by atoms with E-state index >= 15 is 0 Å². The van der Waals surface area contributed by atoms with Gasteiger partial charge in [0.2, 0.25) is 11.8 Å². The molecule has 0 spiro atoms. The molecule has 0 N–H and O–H groups in total. The third kappa shape index (κ3) is 3.59. The summed E-state index contributed by atoms with van der Waals surface area (Å²) >= 11 is 3.76. The van der Waals surface area contributed by atoms with Gasteiger partial charge in [0.25, 0.3) is 5.24 Å². The Kier molecular flexibility index (Phi) is 4.74. The monoisotopic (exact) mass is 288 g/mol. The Morgan fingerprint density at radius 3 is 2.75 bits per heavy atom. The van der Waals surface area contributed by atoms with Crippen LogP contribution >= 0.6 is 12.6 Å². The van der Waals surface area contributed by atoms with Gasteiger partial charge in [0, 0.05) is 12.1 Å². The van der Waals surface area contributed by atoms with Crippen molar-refractivity contribution in [2.75, 3.05) is 6.54 Å². The average Bonchev–Trinajstić information content (AvgIpc) is 2.92. The zero-order valence-electron chi connectivity index (χ0n) is 10.6. The molecular weight excluding hydrogens is 276 g/mol. The predicted molar refractivity (Wildman–Crippen MR) is 74.8 cm³/mol. The van der Waals surface area contributed by atoms with Crippen molar-refractivity contribution in [3.63, 3.8) is 0 Å². The van der Waals surface area contributed by atoms with E-state index in [9.17, 15) is 4.79 Å². The molecule has 0 aliphatic carbocycles. The molecule has 7 heteroatoms. The smallest absolute Gasteiger partial charge is 0.279 e. The molecule has 0 saturated heterocycles. The van der Waals surface area contributed by atoms with Crippen molar-refractivity contribution in [3.05, 3.63) is 36.2 Å². The highest BCUT2D eigenvalue weighted by Crippen LogP contribution is 2.18. The zero-order valence-corrected chi connectivity index (χ0v) is 11.5. The van der Waals surface area contributed by atoms with Crippen molar-refractivity contribution in [2.45, 2.75) is 13.0 Å². The number of rotatable bonds is 5. The first-order valence-electron chi connectivity index (χ1n) is 5.93. The summed E-state index contributed by atoms with van der Waals surface area (Å²) in [6, 6.07) is 11.3. The third-order valence-corrected chi connectivity index (χ3v) is 2.86. The molecule has 0 bridgehead atoms. The summed E-state index contributed by atoms with van der Waals surface area (Å²) in [4.78, 5) is 12.7. The number of amides is 1. The topological polar surface area (TPSA) is 83.0 Å². The van der Waals surface area contributed by atoms with E-state index in [0.29, 0.717) is 11.8 Å². The van der Waals surface area contributed by atoms with Crippen molar-refractivity contribution < 1.29 is 9.21 Å². The van der Waals surface area contributed by atoms with Gasteiger partial charge in [-0.05, 0) is 12.1 Å². The quantitative estimate of drug-likeness (QED) is 0.855. The van der Waals surface area contributed by atoms with Gasteiger partial charge in [-0.25, -0.2) is 0 Å². The minimum atomic E-state index is -0.431. The normalized spacial score (nSPS) is 10.0. The first kappa shape index (κ1) is 14.1. The molecule has 0 aliphatic heterocycles. The second kappa shape index (κ2) is 6.73. The minimum absolute atomic E-state index is 0.143. The Labute approximate surface area is 121 Å². The van der Waals surface area contributed by atoms with Crippen LogP contribution in [0.2, 0.25) is 0 Å². The molecule has 1 amide bonds. The molecule has 0 radical (unpaired) electrons. The Hall–Kier alpha value is -2.33. The van der Waals surface area contributed by atoms with Gasteiger partial charge in [-0.2, -0.15) is 5.26 Å². The summed E-state index contributed by atoms with van der Waals surface area (Å²) in [7, 11) is 0. The minimum Gasteiger partial charge on any atom is -0.419 e. The van der Waals surface area contributed by atoms with Crippen LogP contribution in [0.25, 0.3) is 11.5 Å². The standard InChI is InChI=1S/C13H12N4O2S/c14-7-4-8-17(13(18)20)9-11-15-16-12(19-11)10-5-2-1-3-6-10/h1-3,5-6H,4,8-9H2,(H,18,20). The van der Waals surface area contributed by atoms with Crippen molar-refractivity contribution in [1.29, 1.82) is 5.26 Å². The number of carbonyl (C=O) groups excluding carboxylic acids is 1. The highest BCUT2D eigenvalue weighted by molar-refractivity contribution is 7.96. The molecule has 0 saturated carbocycles. The van der Waals surface area contributed by atoms with Gasteiger partial charge in [0.1, 0.15) is 0 Å². The fraction of sp³-hybridized carbons (Fsp3) is 0.231. The van der Waals surface area contributed by atoms with Gasteiger partial charge in [0.15, 0.2) is 0 Å². The van der Waals surface area contributed by atoms with E-state index < -0.39 is 5.24 Å². The maximum absolute atomic E-state index is 11.3. The van der Waals surface area contributed by atoms with Gasteiger partial charge < -0.3 is 9.32 Å². The van der Waals surface area contributed by atoms with Gasteiger partial charge in [-0.15, -0.1) is 10.2 Å². The fourth-order valence-electron chi connectivity index (χ4n) is 1.61. The molecule has 6 nitrogen and oxygen atoms in total. The number of hydrogen-bond acceptors (Lipinski definition) is 5. The molecule has 1 heterocycles. The Morgan fingerprint density at radius 1 is 1.35 bits per heavy atom. The lowest BCUT2D eigenvalue weighted by atomic mass is 10.2. The van der Waals surface area contributed by atoms with Gasteiger partial charge >= 0.3 is 0 Å². The molecule has 2 rings (SSSR count). The molecule has 1 aromatic carbocycles. The third-order valence-electron chi connectivity index (χ3n) is 2.58. The number of benzene rings is 1. The molecule has 20 heavy (non-hydrogen) atoms. The maximum Gasteiger partial charge on any atom is 0.279 e. The summed E-state index contributed by atoms with van der Waals surface area (Å²) in [5.41, 5.74) is 0.812. The van der Waals surface area contributed by atoms with E-state index in [-0.39, 0.29) is 19.5 Å². The van der Waals surface area contributed by atoms with Crippen molar-refractivity contribution >= 4 is 17.9 Å². The number of nitrogens with zero attached hydrogens (tertiary/aromatic N) is 4. The summed E-state index contributed by atoms with van der Waals surface area (Å²) in [5.74, 6) is 0.705. The molecule has 0 aliphatic rings. The maximum atomic E-state index is 11.3. The van der Waals surface area contributed by atoms with Crippen LogP contribution in [0.15, 0.2) is 34.7 Å². The summed E-state index contributed by atoms with van der Waals surface area (Å²) in [6.07, 6.45) is 0.228. The van der Waals surface area contributed by atoms with E-state index in [2.05, 4.69) is 22.8 Å². The number of nitriles is 1. The Bertz CT molecular complexity index is 621. The lowest BCUT2D eigenvalue weighted by molar-refractivity contribution is 0.216. The SMILES string of the molecule is N#CCCN(Cc1nnc(-c2ccccc2)o1)C(=O)S. The van der Waals surface area contributed by atoms with Crippen LogP contribution in [0.3, 0.4) is 0 Å². The first-order chi connectivity index (χ1) is 9.70. The Balaban J connectivity index is 2.09. The van der Waals surface area contributed by atoms with Crippen molar-refractivity contribution in [3.8, 4) is 17.5 Å². The van der Waals surface area contributed by atoms with Crippen molar-refractivity contribution in [2.24, 2.45) is 0 Å². The lowest BCUT2D eigenvalue weighted by Crippen LogP contribution is -2.26. The molecule has 0 unspecified atom stereocenters. The largest absolute Gasteiger partial charge is 0.419 e. The Morgan fingerprint density at radius 2 is 2.10 bits per heavy atom. The fourth-order valence-corrected chi connectivity index (χ4v) is 1.78. The molecule has 0 atom stereocenters. The molecule has 0 fully saturated rings. The molecule has 2 aromatic rings. The number of thiol groups is 1. The predicted octanol–water partition coefficient (Wildman–Crippen LogP) is 2.50. The molecular formula is C13H12N4O2S. The van der Waals surface area contributed by atoms with Crippen LogP contribution < -0.4 is 0 Å². The van der Waals surface area contributed by atoms with Crippen molar-refractivity contribution in [1.82, 2.24) is 15.1 Å². The van der Waals surface area contributed by atoms with Crippen LogP contribution in [0.1, 0.15) is 12.3 Å². The summed E-state index contributed by atoms with van der Waals surface area (Å²) in [5, 5.41) is 16.0. The lowest BCUT2D eigenvalue weighted by Gasteiger charge is -2.15. The highest BCUT2D eigenvalue weighted by Gasteiger charge is 2.15. The number of aromatic nitrogens is 2. The summed E-state index contributed by atoms with van der Waals surface area (Å²) in [6.45, 7) is 0.422. The zero-order chi connectivity index (χ0) is 14.4. The highest BCUT2D eigenvalue weighted by atomic mass is 32.1. The van der Waals surface area contributed by atoms with Crippen LogP contribution in [-0.4, -0.2) is 26.9 Å². The molecule has 102 valence electrons. The second-order valence-electron chi connectivity index (χ2n) is 3.98. The van der Waals surface area contributed by atoms with Crippen LogP contribution in [0.4, 0.5) is 4.79 Å². The average molecular weight is 288 g/mol. The van der Waals surface area contributed by atoms with E-state index in [1.54, 1.807) is 0 Å². The van der Waals surface area contributed by atoms with Gasteiger partial charge in [-0.3, -0.25) is 4.79 Å². The van der Waals surface area contributed by atoms with E-state index in [1.165, 1.54) is 4.90 Å². The molecule has 1 aromatic heterocycles. The van der Waals surface area contributed by atoms with E-state index in [0.717, 1.165) is 5.56 Å². The van der Waals surface area contributed by atoms with Crippen LogP contribution in [0, 0.1) is 11.3 Å². The van der Waals surface area contributed by atoms with Crippen LogP contribution in [0.5, 0.6) is 0 Å². The van der Waals surface area contributed by atoms with Crippen LogP contribution in [-0.2, 0) is 6.54 Å².